The molecule has 0 fully saturated rings. The van der Waals surface area contributed by atoms with Gasteiger partial charge in [0.05, 0.1) is 5.92 Å². The number of Topliss-reactive ketones (excluding diaryl/α,β-unsaturated/α-hetero) is 2. The maximum absolute atomic E-state index is 15.4. The fourth-order valence-corrected chi connectivity index (χ4v) is 7.52. The number of ketones is 2. The minimum Gasteiger partial charge on any atom is -0.293 e. The Balaban J connectivity index is 1.47. The van der Waals surface area contributed by atoms with Crippen molar-refractivity contribution in [3.8, 4) is 0 Å². The Labute approximate surface area is 281 Å². The van der Waals surface area contributed by atoms with Gasteiger partial charge in [0.1, 0.15) is 0 Å². The molecule has 2 unspecified atom stereocenters. The predicted molar refractivity (Wildman–Crippen MR) is 195 cm³/mol. The van der Waals surface area contributed by atoms with Gasteiger partial charge >= 0.3 is 0 Å². The molecule has 0 aliphatic heterocycles. The average Bonchev–Trinajstić information content (AvgIpc) is 3.64. The lowest BCUT2D eigenvalue weighted by molar-refractivity contribution is -0.118. The Morgan fingerprint density at radius 1 is 0.292 bits per heavy atom. The fourth-order valence-electron chi connectivity index (χ4n) is 7.52. The lowest BCUT2D eigenvalue weighted by atomic mass is 9.75. The van der Waals surface area contributed by atoms with Crippen LogP contribution in [-0.2, 0) is 9.59 Å². The first-order valence-electron chi connectivity index (χ1n) is 16.4. The van der Waals surface area contributed by atoms with E-state index >= 15 is 9.59 Å². The quantitative estimate of drug-likeness (QED) is 0.179. The van der Waals surface area contributed by atoms with Crippen LogP contribution in [0.1, 0.15) is 39.3 Å². The van der Waals surface area contributed by atoms with E-state index < -0.39 is 5.92 Å². The molecule has 0 saturated carbocycles. The molecule has 0 bridgehead atoms. The van der Waals surface area contributed by atoms with E-state index in [1.54, 1.807) is 0 Å². The summed E-state index contributed by atoms with van der Waals surface area (Å²) in [6.45, 7) is 0. The van der Waals surface area contributed by atoms with Gasteiger partial charge in [-0.15, -0.1) is 0 Å². The van der Waals surface area contributed by atoms with Gasteiger partial charge in [0.15, 0.2) is 11.6 Å². The van der Waals surface area contributed by atoms with Gasteiger partial charge in [-0.3, -0.25) is 9.59 Å². The third-order valence-corrected chi connectivity index (χ3v) is 9.49. The topological polar surface area (TPSA) is 34.1 Å². The average molecular weight is 617 g/mol. The summed E-state index contributed by atoms with van der Waals surface area (Å²) < 4.78 is 0. The van der Waals surface area contributed by atoms with Gasteiger partial charge in [0.25, 0.3) is 0 Å². The molecule has 2 nitrogen and oxygen atoms in total. The van der Waals surface area contributed by atoms with Crippen molar-refractivity contribution in [3.05, 3.63) is 221 Å². The van der Waals surface area contributed by atoms with Crippen LogP contribution in [0.5, 0.6) is 0 Å². The molecule has 0 N–H and O–H groups in total. The standard InChI is InChI=1S/C46H32O2/c47-45-41(35-27-15-5-16-28-35)37(31-19-7-1-8-20-31)39(33-23-11-3-12-24-33)43(45)44-40(34-25-13-4-14-26-34)38(32-21-9-2-10-22-32)42(46(44)48)36-29-17-6-18-30-36/h1-30,39,43H. The molecule has 0 radical (unpaired) electrons. The Kier molecular flexibility index (Phi) is 7.68. The molecule has 2 aliphatic rings. The zero-order chi connectivity index (χ0) is 32.5. The van der Waals surface area contributed by atoms with Crippen molar-refractivity contribution in [2.24, 2.45) is 5.92 Å². The Morgan fingerprint density at radius 2 is 0.646 bits per heavy atom. The summed E-state index contributed by atoms with van der Waals surface area (Å²) in [4.78, 5) is 30.8. The van der Waals surface area contributed by atoms with E-state index in [9.17, 15) is 0 Å². The third kappa shape index (κ3) is 4.99. The minimum atomic E-state index is -0.750. The monoisotopic (exact) mass is 616 g/mol. The molecule has 0 spiro atoms. The summed E-state index contributed by atoms with van der Waals surface area (Å²) in [6.07, 6.45) is 0. The highest BCUT2D eigenvalue weighted by atomic mass is 16.1. The lowest BCUT2D eigenvalue weighted by Gasteiger charge is -2.25. The molecule has 48 heavy (non-hydrogen) atoms. The summed E-state index contributed by atoms with van der Waals surface area (Å²) in [7, 11) is 0. The number of carbonyl (C=O) groups is 2. The molecule has 2 atom stereocenters. The first-order chi connectivity index (χ1) is 23.7. The van der Waals surface area contributed by atoms with Crippen LogP contribution in [0.2, 0.25) is 0 Å². The van der Waals surface area contributed by atoms with Gasteiger partial charge < -0.3 is 0 Å². The predicted octanol–water partition coefficient (Wildman–Crippen LogP) is 10.2. The Bertz CT molecular complexity index is 2210. The number of hydrogen-bond donors (Lipinski definition) is 0. The molecule has 0 amide bonds. The summed E-state index contributed by atoms with van der Waals surface area (Å²) in [5.74, 6) is -1.27. The second kappa shape index (κ2) is 12.6. The SMILES string of the molecule is O=C1C(c2ccccc2)=C(c2ccccc2)C(c2ccccc2)=C1C1C(=O)C(c2ccccc2)=C(c2ccccc2)C1c1ccccc1. The largest absolute Gasteiger partial charge is 0.293 e. The summed E-state index contributed by atoms with van der Waals surface area (Å²) in [6, 6.07) is 60.5. The van der Waals surface area contributed by atoms with Crippen LogP contribution in [-0.4, -0.2) is 11.6 Å². The molecule has 2 heteroatoms. The zero-order valence-electron chi connectivity index (χ0n) is 26.3. The highest BCUT2D eigenvalue weighted by Gasteiger charge is 2.50. The Hall–Kier alpha value is -6.12. The molecule has 228 valence electrons. The maximum atomic E-state index is 15.4. The first-order valence-corrected chi connectivity index (χ1v) is 16.4. The van der Waals surface area contributed by atoms with Crippen LogP contribution in [0.3, 0.4) is 0 Å². The maximum Gasteiger partial charge on any atom is 0.191 e. The molecule has 6 aromatic carbocycles. The number of hydrogen-bond acceptors (Lipinski definition) is 2. The summed E-state index contributed by atoms with van der Waals surface area (Å²) in [5, 5.41) is 0. The molecule has 2 aliphatic carbocycles. The van der Waals surface area contributed by atoms with Crippen molar-refractivity contribution in [2.75, 3.05) is 0 Å². The van der Waals surface area contributed by atoms with E-state index in [2.05, 4.69) is 48.5 Å². The van der Waals surface area contributed by atoms with Crippen LogP contribution in [0.25, 0.3) is 27.9 Å². The van der Waals surface area contributed by atoms with Gasteiger partial charge in [0.2, 0.25) is 0 Å². The second-order valence-electron chi connectivity index (χ2n) is 12.2. The van der Waals surface area contributed by atoms with Crippen molar-refractivity contribution in [2.45, 2.75) is 5.92 Å². The van der Waals surface area contributed by atoms with Gasteiger partial charge in [-0.05, 0) is 44.5 Å². The number of benzene rings is 6. The van der Waals surface area contributed by atoms with Gasteiger partial charge in [-0.2, -0.15) is 0 Å². The summed E-state index contributed by atoms with van der Waals surface area (Å²) in [5.41, 5.74) is 10.0. The molecule has 0 heterocycles. The first kappa shape index (κ1) is 29.3. The highest BCUT2D eigenvalue weighted by molar-refractivity contribution is 6.50. The molecule has 8 rings (SSSR count). The van der Waals surface area contributed by atoms with Gasteiger partial charge in [0, 0.05) is 28.2 Å². The van der Waals surface area contributed by atoms with E-state index in [1.165, 1.54) is 0 Å². The van der Waals surface area contributed by atoms with Crippen molar-refractivity contribution in [1.29, 1.82) is 0 Å². The van der Waals surface area contributed by atoms with E-state index in [-0.39, 0.29) is 17.5 Å². The normalized spacial score (nSPS) is 17.8. The molecule has 0 aromatic heterocycles. The van der Waals surface area contributed by atoms with E-state index in [0.29, 0.717) is 16.7 Å². The summed E-state index contributed by atoms with van der Waals surface area (Å²) >= 11 is 0. The van der Waals surface area contributed by atoms with Crippen LogP contribution < -0.4 is 0 Å². The van der Waals surface area contributed by atoms with Gasteiger partial charge in [-0.25, -0.2) is 0 Å². The van der Waals surface area contributed by atoms with Gasteiger partial charge in [-0.1, -0.05) is 182 Å². The number of allylic oxidation sites excluding steroid dienone is 6. The van der Waals surface area contributed by atoms with Crippen LogP contribution in [0, 0.1) is 5.92 Å². The van der Waals surface area contributed by atoms with Crippen LogP contribution >= 0.6 is 0 Å². The number of rotatable bonds is 7. The number of carbonyl (C=O) groups excluding carboxylic acids is 2. The minimum absolute atomic E-state index is 0.0348. The van der Waals surface area contributed by atoms with Crippen molar-refractivity contribution < 1.29 is 9.59 Å². The zero-order valence-corrected chi connectivity index (χ0v) is 26.3. The van der Waals surface area contributed by atoms with E-state index in [0.717, 1.165) is 50.1 Å². The lowest BCUT2D eigenvalue weighted by Crippen LogP contribution is -2.24. The van der Waals surface area contributed by atoms with Crippen LogP contribution in [0.4, 0.5) is 0 Å². The third-order valence-electron chi connectivity index (χ3n) is 9.49. The molecule has 0 saturated heterocycles. The van der Waals surface area contributed by atoms with Crippen LogP contribution in [0.15, 0.2) is 188 Å². The van der Waals surface area contributed by atoms with E-state index in [1.807, 2.05) is 133 Å². The smallest absolute Gasteiger partial charge is 0.191 e. The molecule has 6 aromatic rings. The molecular formula is C46H32O2. The molecular weight excluding hydrogens is 585 g/mol. The Morgan fingerprint density at radius 3 is 1.10 bits per heavy atom. The van der Waals surface area contributed by atoms with Crippen molar-refractivity contribution in [1.82, 2.24) is 0 Å². The van der Waals surface area contributed by atoms with Crippen molar-refractivity contribution in [3.63, 3.8) is 0 Å². The fraction of sp³-hybridized carbons (Fsp3) is 0.0435. The highest BCUT2D eigenvalue weighted by Crippen LogP contribution is 2.58. The second-order valence-corrected chi connectivity index (χ2v) is 12.2. The van der Waals surface area contributed by atoms with E-state index in [4.69, 9.17) is 0 Å². The van der Waals surface area contributed by atoms with Crippen molar-refractivity contribution >= 4 is 39.4 Å².